The molecule has 0 saturated heterocycles. The Morgan fingerprint density at radius 3 is 2.39 bits per heavy atom. The highest BCUT2D eigenvalue weighted by Gasteiger charge is 2.23. The lowest BCUT2D eigenvalue weighted by molar-refractivity contribution is 0.102. The molecule has 1 heterocycles. The van der Waals surface area contributed by atoms with Gasteiger partial charge in [0.1, 0.15) is 6.61 Å². The lowest BCUT2D eigenvalue weighted by Crippen LogP contribution is -2.26. The predicted octanol–water partition coefficient (Wildman–Crippen LogP) is 4.05. The van der Waals surface area contributed by atoms with Crippen LogP contribution in [0.5, 0.6) is 11.5 Å². The van der Waals surface area contributed by atoms with E-state index in [1.165, 1.54) is 0 Å². The molecule has 0 fully saturated rings. The van der Waals surface area contributed by atoms with Crippen LogP contribution in [0.1, 0.15) is 56.7 Å². The summed E-state index contributed by atoms with van der Waals surface area (Å²) in [5.41, 5.74) is 1.81. The van der Waals surface area contributed by atoms with Crippen LogP contribution in [0.2, 0.25) is 0 Å². The molecule has 0 radical (unpaired) electrons. The summed E-state index contributed by atoms with van der Waals surface area (Å²) in [5.74, 6) is 1.13. The molecule has 0 atom stereocenters. The van der Waals surface area contributed by atoms with Crippen molar-refractivity contribution in [3.8, 4) is 11.5 Å². The zero-order valence-electron chi connectivity index (χ0n) is 17.8. The number of nitrogens with one attached hydrogen (secondary N) is 1. The van der Waals surface area contributed by atoms with E-state index in [0.717, 1.165) is 5.69 Å². The van der Waals surface area contributed by atoms with E-state index in [-0.39, 0.29) is 17.4 Å². The van der Waals surface area contributed by atoms with Crippen molar-refractivity contribution < 1.29 is 19.0 Å². The molecule has 0 aliphatic heterocycles. The standard InChI is InChI=1S/C21H31N3O4/c1-14(2)17-13-16(23-24(17)21(3,4)5)20(25)22-15-8-9-18(27-7)19(12-15)28-11-10-26-6/h8-9,12-14H,10-11H2,1-7H3,(H,22,25). The zero-order valence-corrected chi connectivity index (χ0v) is 17.8. The smallest absolute Gasteiger partial charge is 0.276 e. The topological polar surface area (TPSA) is 74.6 Å². The van der Waals surface area contributed by atoms with Gasteiger partial charge in [0.15, 0.2) is 17.2 Å². The first-order chi connectivity index (χ1) is 13.2. The van der Waals surface area contributed by atoms with Gasteiger partial charge < -0.3 is 19.5 Å². The number of carbonyl (C=O) groups is 1. The lowest BCUT2D eigenvalue weighted by atomic mass is 10.1. The molecule has 0 unspecified atom stereocenters. The number of aromatic nitrogens is 2. The number of hydrogen-bond donors (Lipinski definition) is 1. The molecule has 1 aromatic carbocycles. The second-order valence-electron chi connectivity index (χ2n) is 7.85. The third-order valence-corrected chi connectivity index (χ3v) is 4.16. The number of benzene rings is 1. The molecule has 28 heavy (non-hydrogen) atoms. The van der Waals surface area contributed by atoms with Crippen molar-refractivity contribution in [3.05, 3.63) is 35.7 Å². The van der Waals surface area contributed by atoms with Gasteiger partial charge in [-0.25, -0.2) is 0 Å². The Hall–Kier alpha value is -2.54. The van der Waals surface area contributed by atoms with E-state index in [4.69, 9.17) is 14.2 Å². The SMILES string of the molecule is COCCOc1cc(NC(=O)c2cc(C(C)C)n(C(C)(C)C)n2)ccc1OC. The molecule has 1 N–H and O–H groups in total. The zero-order chi connectivity index (χ0) is 20.9. The fraction of sp³-hybridized carbons (Fsp3) is 0.524. The van der Waals surface area contributed by atoms with Crippen molar-refractivity contribution in [3.63, 3.8) is 0 Å². The molecule has 0 saturated carbocycles. The fourth-order valence-corrected chi connectivity index (χ4v) is 2.75. The van der Waals surface area contributed by atoms with Crippen molar-refractivity contribution in [1.29, 1.82) is 0 Å². The molecule has 0 bridgehead atoms. The van der Waals surface area contributed by atoms with Crippen molar-refractivity contribution >= 4 is 11.6 Å². The monoisotopic (exact) mass is 389 g/mol. The van der Waals surface area contributed by atoms with E-state index in [2.05, 4.69) is 45.0 Å². The Labute approximate surface area is 167 Å². The van der Waals surface area contributed by atoms with Gasteiger partial charge in [-0.05, 0) is 44.9 Å². The molecular formula is C21H31N3O4. The van der Waals surface area contributed by atoms with E-state index in [0.29, 0.717) is 36.1 Å². The maximum absolute atomic E-state index is 12.8. The van der Waals surface area contributed by atoms with Crippen LogP contribution in [0, 0.1) is 0 Å². The molecule has 7 nitrogen and oxygen atoms in total. The summed E-state index contributed by atoms with van der Waals surface area (Å²) >= 11 is 0. The van der Waals surface area contributed by atoms with Gasteiger partial charge in [-0.2, -0.15) is 5.10 Å². The van der Waals surface area contributed by atoms with Crippen LogP contribution >= 0.6 is 0 Å². The number of nitrogens with zero attached hydrogens (tertiary/aromatic N) is 2. The van der Waals surface area contributed by atoms with Crippen LogP contribution in [-0.4, -0.2) is 43.1 Å². The van der Waals surface area contributed by atoms with Crippen molar-refractivity contribution in [2.24, 2.45) is 0 Å². The molecule has 7 heteroatoms. The van der Waals surface area contributed by atoms with Crippen LogP contribution in [0.3, 0.4) is 0 Å². The molecule has 154 valence electrons. The largest absolute Gasteiger partial charge is 0.493 e. The van der Waals surface area contributed by atoms with Gasteiger partial charge in [0.25, 0.3) is 5.91 Å². The first kappa shape index (κ1) is 21.8. The minimum atomic E-state index is -0.266. The van der Waals surface area contributed by atoms with Crippen LogP contribution in [-0.2, 0) is 10.3 Å². The number of hydrogen-bond acceptors (Lipinski definition) is 5. The number of ether oxygens (including phenoxy) is 3. The Morgan fingerprint density at radius 1 is 1.14 bits per heavy atom. The molecule has 2 rings (SSSR count). The third-order valence-electron chi connectivity index (χ3n) is 4.16. The van der Waals surface area contributed by atoms with E-state index >= 15 is 0 Å². The minimum Gasteiger partial charge on any atom is -0.493 e. The van der Waals surface area contributed by atoms with Gasteiger partial charge in [-0.3, -0.25) is 9.48 Å². The van der Waals surface area contributed by atoms with Gasteiger partial charge in [0, 0.05) is 24.6 Å². The summed E-state index contributed by atoms with van der Waals surface area (Å²) in [6, 6.07) is 7.11. The average molecular weight is 389 g/mol. The summed E-state index contributed by atoms with van der Waals surface area (Å²) in [7, 11) is 3.18. The molecule has 0 aliphatic carbocycles. The summed E-state index contributed by atoms with van der Waals surface area (Å²) in [6.45, 7) is 11.2. The number of anilines is 1. The van der Waals surface area contributed by atoms with Crippen LogP contribution in [0.25, 0.3) is 0 Å². The van der Waals surface area contributed by atoms with Crippen molar-refractivity contribution in [2.45, 2.75) is 46.1 Å². The molecule has 0 spiro atoms. The number of methoxy groups -OCH3 is 2. The number of carbonyl (C=O) groups excluding carboxylic acids is 1. The van der Waals surface area contributed by atoms with E-state index < -0.39 is 0 Å². The molecule has 1 aromatic heterocycles. The Bertz CT molecular complexity index is 806. The van der Waals surface area contributed by atoms with Gasteiger partial charge >= 0.3 is 0 Å². The van der Waals surface area contributed by atoms with Crippen molar-refractivity contribution in [1.82, 2.24) is 9.78 Å². The normalized spacial score (nSPS) is 11.6. The number of amides is 1. The maximum atomic E-state index is 12.8. The van der Waals surface area contributed by atoms with Gasteiger partial charge in [0.05, 0.1) is 19.3 Å². The quantitative estimate of drug-likeness (QED) is 0.690. The van der Waals surface area contributed by atoms with E-state index in [1.54, 1.807) is 32.4 Å². The highest BCUT2D eigenvalue weighted by atomic mass is 16.5. The van der Waals surface area contributed by atoms with Crippen molar-refractivity contribution in [2.75, 3.05) is 32.8 Å². The summed E-state index contributed by atoms with van der Waals surface area (Å²) in [5, 5.41) is 7.44. The van der Waals surface area contributed by atoms with E-state index in [9.17, 15) is 4.79 Å². The predicted molar refractivity (Wildman–Crippen MR) is 110 cm³/mol. The molecule has 0 aliphatic rings. The molecule has 2 aromatic rings. The van der Waals surface area contributed by atoms with Crippen LogP contribution in [0.4, 0.5) is 5.69 Å². The minimum absolute atomic E-state index is 0.208. The third kappa shape index (κ3) is 5.25. The maximum Gasteiger partial charge on any atom is 0.276 e. The van der Waals surface area contributed by atoms with E-state index in [1.807, 2.05) is 10.7 Å². The summed E-state index contributed by atoms with van der Waals surface area (Å²) in [4.78, 5) is 12.8. The van der Waals surface area contributed by atoms with Gasteiger partial charge in [-0.1, -0.05) is 13.8 Å². The van der Waals surface area contributed by atoms with Gasteiger partial charge in [0.2, 0.25) is 0 Å². The highest BCUT2D eigenvalue weighted by molar-refractivity contribution is 6.03. The van der Waals surface area contributed by atoms with Gasteiger partial charge in [-0.15, -0.1) is 0 Å². The first-order valence-corrected chi connectivity index (χ1v) is 9.39. The average Bonchev–Trinajstić information content (AvgIpc) is 3.08. The fourth-order valence-electron chi connectivity index (χ4n) is 2.75. The number of rotatable bonds is 8. The Kier molecular flexibility index (Phi) is 7.07. The second-order valence-corrected chi connectivity index (χ2v) is 7.85. The highest BCUT2D eigenvalue weighted by Crippen LogP contribution is 2.30. The summed E-state index contributed by atoms with van der Waals surface area (Å²) in [6.07, 6.45) is 0. The Balaban J connectivity index is 2.24. The Morgan fingerprint density at radius 2 is 1.86 bits per heavy atom. The molecule has 1 amide bonds. The van der Waals surface area contributed by atoms with Crippen LogP contribution < -0.4 is 14.8 Å². The second kappa shape index (κ2) is 9.10. The lowest BCUT2D eigenvalue weighted by Gasteiger charge is -2.23. The summed E-state index contributed by atoms with van der Waals surface area (Å²) < 4.78 is 17.9. The first-order valence-electron chi connectivity index (χ1n) is 9.39. The molecular weight excluding hydrogens is 358 g/mol. The van der Waals surface area contributed by atoms with Crippen LogP contribution in [0.15, 0.2) is 24.3 Å².